The minimum Gasteiger partial charge on any atom is -0.388 e. The fourth-order valence-electron chi connectivity index (χ4n) is 11.7. The zero-order valence-corrected chi connectivity index (χ0v) is 53.6. The van der Waals surface area contributed by atoms with Crippen LogP contribution in [-0.4, -0.2) is 124 Å². The molecule has 0 saturated carbocycles. The summed E-state index contributed by atoms with van der Waals surface area (Å²) in [7, 11) is 3.43. The fourth-order valence-corrected chi connectivity index (χ4v) is 11.7. The Bertz CT molecular complexity index is 1520. The number of hydrogen-bond acceptors (Lipinski definition) is 11. The largest absolute Gasteiger partial charge is 0.388 e. The van der Waals surface area contributed by atoms with Gasteiger partial charge < -0.3 is 48.9 Å². The number of methoxy groups -OCH3 is 2. The molecule has 0 spiro atoms. The molecule has 81 heavy (non-hydrogen) atoms. The first-order chi connectivity index (χ1) is 39.5. The molecule has 2 aliphatic rings. The van der Waals surface area contributed by atoms with Gasteiger partial charge >= 0.3 is 0 Å². The number of unbranched alkanes of at least 4 members (excludes halogenated alkanes) is 30. The number of rotatable bonds is 55. The van der Waals surface area contributed by atoms with Crippen LogP contribution >= 0.6 is 0 Å². The molecule has 13 heteroatoms. The molecule has 2 rings (SSSR count). The molecule has 11 unspecified atom stereocenters. The van der Waals surface area contributed by atoms with Crippen molar-refractivity contribution in [2.75, 3.05) is 40.6 Å². The summed E-state index contributed by atoms with van der Waals surface area (Å²) in [5.74, 6) is -0.694. The highest BCUT2D eigenvalue weighted by Gasteiger charge is 2.49. The molecule has 2 saturated heterocycles. The Balaban J connectivity index is 2.20. The predicted molar refractivity (Wildman–Crippen MR) is 332 cm³/mol. The number of ether oxygens (including phenoxy) is 7. The van der Waals surface area contributed by atoms with E-state index < -0.39 is 55.0 Å². The van der Waals surface area contributed by atoms with Gasteiger partial charge in [-0.05, 0) is 64.7 Å². The lowest BCUT2D eigenvalue weighted by Gasteiger charge is -2.47. The van der Waals surface area contributed by atoms with Gasteiger partial charge in [-0.15, -0.1) is 0 Å². The summed E-state index contributed by atoms with van der Waals surface area (Å²) >= 11 is 0. The molecule has 0 aromatic carbocycles. The summed E-state index contributed by atoms with van der Waals surface area (Å²) in [6, 6.07) is -1.35. The highest BCUT2D eigenvalue weighted by atomic mass is 16.7. The van der Waals surface area contributed by atoms with Crippen molar-refractivity contribution in [2.24, 2.45) is 5.92 Å². The normalized spacial score (nSPS) is 23.5. The lowest BCUT2D eigenvalue weighted by molar-refractivity contribution is -0.281. The smallest absolute Gasteiger partial charge is 0.227 e. The summed E-state index contributed by atoms with van der Waals surface area (Å²) in [5, 5.41) is 18.6. The standard InChI is InChI=1S/C68H128N2O11/c1-9-13-17-21-24-27-28-29-30-31-32-34-36-40-44-48-61(72)69-64-66(78-51-49-58(76-8)47-43-38-20-16-12-4)55(5)59(53-75-7)81-68(64)79-54-60-65(74)67(77-50-45-41-37-26-23-19-15-11-3)63(56(6)80-60)70-62(73)52-57(71)46-42-39-35-33-25-22-18-14-10-2/h27-28,55-56,58-60,63-68,74H,9-26,29-54H2,1-8H3,(H,69,72)(H,70,73)/b28-27-. The van der Waals surface area contributed by atoms with Gasteiger partial charge in [0.1, 0.15) is 30.1 Å². The number of hydrogen-bond donors (Lipinski definition) is 3. The average Bonchev–Trinajstić information content (AvgIpc) is 3.49. The number of Topliss-reactive ketones (excluding diaryl/α,β-unsaturated/α-hetero) is 1. The molecule has 13 nitrogen and oxygen atoms in total. The van der Waals surface area contributed by atoms with Crippen molar-refractivity contribution < 1.29 is 52.6 Å². The van der Waals surface area contributed by atoms with Gasteiger partial charge in [0, 0.05) is 46.2 Å². The molecule has 0 aromatic rings. The Morgan fingerprint density at radius 3 is 1.53 bits per heavy atom. The molecule has 2 aliphatic heterocycles. The highest BCUT2D eigenvalue weighted by molar-refractivity contribution is 5.98. The first-order valence-electron chi connectivity index (χ1n) is 34.2. The van der Waals surface area contributed by atoms with Crippen LogP contribution in [0.3, 0.4) is 0 Å². The number of amides is 2. The van der Waals surface area contributed by atoms with Gasteiger partial charge in [-0.1, -0.05) is 227 Å². The number of nitrogens with one attached hydrogen (secondary N) is 2. The average molecular weight is 1150 g/mol. The van der Waals surface area contributed by atoms with E-state index >= 15 is 0 Å². The first kappa shape index (κ1) is 75.1. The van der Waals surface area contributed by atoms with E-state index in [4.69, 9.17) is 33.2 Å². The summed E-state index contributed by atoms with van der Waals surface area (Å²) in [6.07, 6.45) is 42.7. The van der Waals surface area contributed by atoms with Crippen molar-refractivity contribution in [3.05, 3.63) is 12.2 Å². The topological polar surface area (TPSA) is 160 Å². The van der Waals surface area contributed by atoms with E-state index in [1.807, 2.05) is 6.92 Å². The highest BCUT2D eigenvalue weighted by Crippen LogP contribution is 2.32. The monoisotopic (exact) mass is 1150 g/mol. The van der Waals surface area contributed by atoms with Crippen molar-refractivity contribution >= 4 is 17.6 Å². The van der Waals surface area contributed by atoms with Crippen LogP contribution in [0.5, 0.6) is 0 Å². The summed E-state index contributed by atoms with van der Waals surface area (Å²) in [5.41, 5.74) is 0. The van der Waals surface area contributed by atoms with E-state index in [-0.39, 0.29) is 42.6 Å². The lowest BCUT2D eigenvalue weighted by atomic mass is 9.88. The van der Waals surface area contributed by atoms with Crippen molar-refractivity contribution in [1.82, 2.24) is 10.6 Å². The van der Waals surface area contributed by atoms with Crippen LogP contribution < -0.4 is 10.6 Å². The molecule has 0 aliphatic carbocycles. The Kier molecular flexibility index (Phi) is 47.6. The first-order valence-corrected chi connectivity index (χ1v) is 34.2. The maximum absolute atomic E-state index is 14.0. The second-order valence-corrected chi connectivity index (χ2v) is 24.4. The van der Waals surface area contributed by atoms with E-state index in [0.29, 0.717) is 32.7 Å². The Labute approximate surface area is 497 Å². The molecule has 2 fully saturated rings. The quantitative estimate of drug-likeness (QED) is 0.0302. The third kappa shape index (κ3) is 35.9. The summed E-state index contributed by atoms with van der Waals surface area (Å²) in [6.45, 7) is 14.0. The molecule has 0 radical (unpaired) electrons. The fraction of sp³-hybridized carbons (Fsp3) is 0.926. The van der Waals surface area contributed by atoms with Gasteiger partial charge in [-0.2, -0.15) is 0 Å². The molecular formula is C68H128N2O11. The van der Waals surface area contributed by atoms with Crippen LogP contribution in [0.4, 0.5) is 0 Å². The molecule has 2 heterocycles. The Morgan fingerprint density at radius 1 is 0.494 bits per heavy atom. The Morgan fingerprint density at radius 2 is 0.975 bits per heavy atom. The van der Waals surface area contributed by atoms with Crippen molar-refractivity contribution in [3.8, 4) is 0 Å². The van der Waals surface area contributed by atoms with Crippen molar-refractivity contribution in [1.29, 1.82) is 0 Å². The molecular weight excluding hydrogens is 1020 g/mol. The maximum atomic E-state index is 14.0. The number of carbonyl (C=O) groups excluding carboxylic acids is 3. The lowest BCUT2D eigenvalue weighted by Crippen LogP contribution is -2.65. The van der Waals surface area contributed by atoms with Gasteiger partial charge in [0.05, 0.1) is 50.1 Å². The maximum Gasteiger partial charge on any atom is 0.227 e. The summed E-state index contributed by atoms with van der Waals surface area (Å²) < 4.78 is 44.9. The molecule has 0 bridgehead atoms. The summed E-state index contributed by atoms with van der Waals surface area (Å²) in [4.78, 5) is 40.6. The van der Waals surface area contributed by atoms with Gasteiger partial charge in [0.25, 0.3) is 0 Å². The van der Waals surface area contributed by atoms with Crippen molar-refractivity contribution in [3.63, 3.8) is 0 Å². The van der Waals surface area contributed by atoms with Crippen molar-refractivity contribution in [2.45, 2.75) is 359 Å². The third-order valence-electron chi connectivity index (χ3n) is 17.0. The number of carbonyl (C=O) groups is 3. The number of allylic oxidation sites excluding steroid dienone is 2. The number of aliphatic hydroxyl groups is 1. The van der Waals surface area contributed by atoms with Crippen LogP contribution in [0.25, 0.3) is 0 Å². The second kappa shape index (κ2) is 51.3. The molecule has 476 valence electrons. The van der Waals surface area contributed by atoms with Gasteiger partial charge in [0.2, 0.25) is 11.8 Å². The molecule has 0 aromatic heterocycles. The van der Waals surface area contributed by atoms with Crippen LogP contribution in [0.1, 0.15) is 298 Å². The SMILES string of the molecule is CCCCCC/C=C\CCCCCCCCCC(=O)NC1C(OCC2OC(C)C(NC(=O)CC(=O)CCCCCCCCCCC)C(OCCCCCCCCCC)C2O)OC(COC)C(C)C1OCCC(CCCCCCC)OC. The van der Waals surface area contributed by atoms with E-state index in [0.717, 1.165) is 83.5 Å². The van der Waals surface area contributed by atoms with E-state index in [1.165, 1.54) is 154 Å². The van der Waals surface area contributed by atoms with Gasteiger partial charge in [0.15, 0.2) is 6.29 Å². The van der Waals surface area contributed by atoms with Crippen LogP contribution in [0.2, 0.25) is 0 Å². The van der Waals surface area contributed by atoms with E-state index in [1.54, 1.807) is 14.2 Å². The number of ketones is 1. The van der Waals surface area contributed by atoms with Crippen LogP contribution in [0.15, 0.2) is 12.2 Å². The third-order valence-corrected chi connectivity index (χ3v) is 17.0. The number of aliphatic hydroxyl groups excluding tert-OH is 1. The van der Waals surface area contributed by atoms with Crippen LogP contribution in [0, 0.1) is 5.92 Å². The second-order valence-electron chi connectivity index (χ2n) is 24.4. The molecule has 11 atom stereocenters. The Hall–Kier alpha value is -1.97. The minimum absolute atomic E-state index is 0.0647. The predicted octanol–water partition coefficient (Wildman–Crippen LogP) is 15.7. The van der Waals surface area contributed by atoms with E-state index in [2.05, 4.69) is 57.4 Å². The molecule has 2 amide bonds. The zero-order valence-electron chi connectivity index (χ0n) is 53.6. The van der Waals surface area contributed by atoms with Gasteiger partial charge in [-0.25, -0.2) is 0 Å². The zero-order chi connectivity index (χ0) is 59.0. The molecule has 3 N–H and O–H groups in total. The van der Waals surface area contributed by atoms with Crippen LogP contribution in [-0.2, 0) is 47.5 Å². The minimum atomic E-state index is -1.18. The van der Waals surface area contributed by atoms with E-state index in [9.17, 15) is 19.5 Å². The van der Waals surface area contributed by atoms with Gasteiger partial charge in [-0.3, -0.25) is 14.4 Å².